The zero-order valence-electron chi connectivity index (χ0n) is 24.8. The van der Waals surface area contributed by atoms with Gasteiger partial charge in [-0.3, -0.25) is 4.79 Å². The largest absolute Gasteiger partial charge is 0.478 e. The third kappa shape index (κ3) is 8.11. The van der Waals surface area contributed by atoms with Gasteiger partial charge in [-0.15, -0.1) is 0 Å². The van der Waals surface area contributed by atoms with E-state index in [2.05, 4.69) is 16.9 Å². The summed E-state index contributed by atoms with van der Waals surface area (Å²) < 4.78 is 58.6. The number of aromatic nitrogens is 2. The van der Waals surface area contributed by atoms with Crippen molar-refractivity contribution in [3.05, 3.63) is 77.4 Å². The second-order valence-electron chi connectivity index (χ2n) is 11.0. The Kier molecular flexibility index (Phi) is 10.9. The fourth-order valence-corrected chi connectivity index (χ4v) is 5.47. The number of benzene rings is 2. The second kappa shape index (κ2) is 14.6. The molecule has 1 fully saturated rings. The first-order chi connectivity index (χ1) is 21.0. The maximum Gasteiger partial charge on any atom is 0.419 e. The van der Waals surface area contributed by atoms with E-state index < -0.39 is 29.5 Å². The van der Waals surface area contributed by atoms with E-state index >= 15 is 0 Å². The van der Waals surface area contributed by atoms with Gasteiger partial charge in [0.05, 0.1) is 36.1 Å². The lowest BCUT2D eigenvalue weighted by Gasteiger charge is -2.36. The number of carbonyl (C=O) groups is 2. The third-order valence-electron chi connectivity index (χ3n) is 7.70. The van der Waals surface area contributed by atoms with E-state index in [1.54, 1.807) is 6.07 Å². The van der Waals surface area contributed by atoms with Gasteiger partial charge in [0.2, 0.25) is 5.91 Å². The number of aromatic carboxylic acids is 1. The minimum atomic E-state index is -4.76. The fraction of sp³-hybridized carbons (Fsp3) is 0.438. The molecule has 1 saturated carbocycles. The summed E-state index contributed by atoms with van der Waals surface area (Å²) in [7, 11) is 2.94. The highest BCUT2D eigenvalue weighted by molar-refractivity contribution is 6.03. The summed E-state index contributed by atoms with van der Waals surface area (Å²) in [5.41, 5.74) is -0.924. The number of halogens is 3. The van der Waals surface area contributed by atoms with Crippen molar-refractivity contribution < 1.29 is 42.1 Å². The number of rotatable bonds is 12. The summed E-state index contributed by atoms with van der Waals surface area (Å²) in [6, 6.07) is 8.45. The SMILES string of the molecule is COCC(COC)N(C(=O)C1CCC(C)CC1)c1ccc(Oc2ccc(Cc3ncccn3)cc2C(F)(F)F)cc1C(=O)O. The summed E-state index contributed by atoms with van der Waals surface area (Å²) in [5.74, 6) is -1.71. The van der Waals surface area contributed by atoms with Crippen molar-refractivity contribution >= 4 is 17.6 Å². The molecule has 3 aromatic rings. The smallest absolute Gasteiger partial charge is 0.419 e. The molecule has 1 aromatic heterocycles. The van der Waals surface area contributed by atoms with Gasteiger partial charge in [0.25, 0.3) is 0 Å². The Morgan fingerprint density at radius 3 is 2.25 bits per heavy atom. The Labute approximate surface area is 254 Å². The van der Waals surface area contributed by atoms with Gasteiger partial charge in [0, 0.05) is 39.0 Å². The molecule has 0 aliphatic heterocycles. The molecule has 1 amide bonds. The minimum Gasteiger partial charge on any atom is -0.478 e. The van der Waals surface area contributed by atoms with E-state index in [1.165, 1.54) is 55.8 Å². The number of carbonyl (C=O) groups excluding carboxylic acids is 1. The molecular formula is C32H36F3N3O6. The number of anilines is 1. The number of hydrogen-bond acceptors (Lipinski definition) is 7. The molecule has 0 spiro atoms. The number of carboxylic acids is 1. The third-order valence-corrected chi connectivity index (χ3v) is 7.70. The highest BCUT2D eigenvalue weighted by Gasteiger charge is 2.37. The van der Waals surface area contributed by atoms with Crippen molar-refractivity contribution in [2.24, 2.45) is 11.8 Å². The molecule has 0 bridgehead atoms. The molecule has 44 heavy (non-hydrogen) atoms. The van der Waals surface area contributed by atoms with Gasteiger partial charge < -0.3 is 24.2 Å². The van der Waals surface area contributed by atoms with Crippen LogP contribution in [0.25, 0.3) is 0 Å². The zero-order valence-corrected chi connectivity index (χ0v) is 24.8. The van der Waals surface area contributed by atoms with E-state index in [-0.39, 0.29) is 48.5 Å². The molecule has 12 heteroatoms. The quantitative estimate of drug-likeness (QED) is 0.249. The van der Waals surface area contributed by atoms with Gasteiger partial charge in [0.15, 0.2) is 0 Å². The molecule has 1 N–H and O–H groups in total. The molecule has 0 radical (unpaired) electrons. The Bertz CT molecular complexity index is 1420. The summed E-state index contributed by atoms with van der Waals surface area (Å²) >= 11 is 0. The van der Waals surface area contributed by atoms with Crippen LogP contribution in [0.15, 0.2) is 54.9 Å². The second-order valence-corrected chi connectivity index (χ2v) is 11.0. The van der Waals surface area contributed by atoms with Crippen LogP contribution in [0.5, 0.6) is 11.5 Å². The fourth-order valence-electron chi connectivity index (χ4n) is 5.47. The lowest BCUT2D eigenvalue weighted by atomic mass is 9.82. The predicted octanol–water partition coefficient (Wildman–Crippen LogP) is 6.40. The highest BCUT2D eigenvalue weighted by Crippen LogP contribution is 2.40. The molecule has 4 rings (SSSR count). The van der Waals surface area contributed by atoms with Gasteiger partial charge in [-0.25, -0.2) is 14.8 Å². The Hall–Kier alpha value is -4.03. The number of methoxy groups -OCH3 is 2. The standard InChI is InChI=1S/C32H36F3N3O6/c1-20-5-8-22(9-6-20)30(39)38(23(18-42-2)19-43-3)27-11-10-24(17-25(27)31(40)41)44-28-12-7-21(15-26(28)32(33,34)35)16-29-36-13-4-14-37-29/h4,7,10-15,17,20,22-23H,5-6,8-9,16,18-19H2,1-3H3,(H,40,41). The molecule has 1 aliphatic rings. The molecule has 0 unspecified atom stereocenters. The van der Waals surface area contributed by atoms with Crippen LogP contribution >= 0.6 is 0 Å². The van der Waals surface area contributed by atoms with Crippen LogP contribution in [-0.2, 0) is 26.9 Å². The first kappa shape index (κ1) is 32.9. The predicted molar refractivity (Wildman–Crippen MR) is 156 cm³/mol. The van der Waals surface area contributed by atoms with Crippen molar-refractivity contribution in [3.63, 3.8) is 0 Å². The number of ether oxygens (including phenoxy) is 3. The number of nitrogens with zero attached hydrogens (tertiary/aromatic N) is 3. The van der Waals surface area contributed by atoms with E-state index in [4.69, 9.17) is 14.2 Å². The lowest BCUT2D eigenvalue weighted by Crippen LogP contribution is -2.49. The zero-order chi connectivity index (χ0) is 31.9. The highest BCUT2D eigenvalue weighted by atomic mass is 19.4. The van der Waals surface area contributed by atoms with Crippen LogP contribution in [0.3, 0.4) is 0 Å². The average molecular weight is 616 g/mol. The summed E-state index contributed by atoms with van der Waals surface area (Å²) in [6.07, 6.45) is 1.42. The minimum absolute atomic E-state index is 0.0787. The maximum atomic E-state index is 14.1. The van der Waals surface area contributed by atoms with Gasteiger partial charge >= 0.3 is 12.1 Å². The molecule has 236 valence electrons. The number of hydrogen-bond donors (Lipinski definition) is 1. The Balaban J connectivity index is 1.70. The lowest BCUT2D eigenvalue weighted by molar-refractivity contribution is -0.138. The van der Waals surface area contributed by atoms with Crippen molar-refractivity contribution in [1.82, 2.24) is 9.97 Å². The van der Waals surface area contributed by atoms with E-state index in [9.17, 15) is 27.9 Å². The van der Waals surface area contributed by atoms with Crippen LogP contribution in [0.4, 0.5) is 18.9 Å². The van der Waals surface area contributed by atoms with Crippen LogP contribution in [0, 0.1) is 11.8 Å². The molecular weight excluding hydrogens is 579 g/mol. The first-order valence-corrected chi connectivity index (χ1v) is 14.3. The maximum absolute atomic E-state index is 14.1. The molecule has 2 aromatic carbocycles. The van der Waals surface area contributed by atoms with Crippen LogP contribution in [0.2, 0.25) is 0 Å². The van der Waals surface area contributed by atoms with E-state index in [0.717, 1.165) is 25.0 Å². The monoisotopic (exact) mass is 615 g/mol. The summed E-state index contributed by atoms with van der Waals surface area (Å²) in [6.45, 7) is 2.29. The van der Waals surface area contributed by atoms with Crippen LogP contribution in [-0.4, -0.2) is 60.4 Å². The summed E-state index contributed by atoms with van der Waals surface area (Å²) in [4.78, 5) is 36.0. The normalized spacial score (nSPS) is 17.0. The number of alkyl halides is 3. The van der Waals surface area contributed by atoms with Crippen LogP contribution < -0.4 is 9.64 Å². The Morgan fingerprint density at radius 2 is 1.66 bits per heavy atom. The first-order valence-electron chi connectivity index (χ1n) is 14.3. The van der Waals surface area contributed by atoms with Gasteiger partial charge in [-0.2, -0.15) is 13.2 Å². The average Bonchev–Trinajstić information content (AvgIpc) is 2.99. The van der Waals surface area contributed by atoms with Crippen molar-refractivity contribution in [3.8, 4) is 11.5 Å². The topological polar surface area (TPSA) is 111 Å². The Morgan fingerprint density at radius 1 is 1.00 bits per heavy atom. The molecule has 1 heterocycles. The van der Waals surface area contributed by atoms with Gasteiger partial charge in [0.1, 0.15) is 17.3 Å². The van der Waals surface area contributed by atoms with Crippen molar-refractivity contribution in [2.75, 3.05) is 32.3 Å². The van der Waals surface area contributed by atoms with Crippen LogP contribution in [0.1, 0.15) is 59.9 Å². The number of carboxylic acid groups (broad SMARTS) is 1. The summed E-state index contributed by atoms with van der Waals surface area (Å²) in [5, 5.41) is 10.2. The van der Waals surface area contributed by atoms with Crippen molar-refractivity contribution in [2.45, 2.75) is 51.2 Å². The van der Waals surface area contributed by atoms with Gasteiger partial charge in [-0.05, 0) is 73.6 Å². The number of amides is 1. The molecule has 1 aliphatic carbocycles. The molecule has 0 saturated heterocycles. The van der Waals surface area contributed by atoms with Crippen molar-refractivity contribution in [1.29, 1.82) is 0 Å². The molecule has 0 atom stereocenters. The van der Waals surface area contributed by atoms with E-state index in [0.29, 0.717) is 30.1 Å². The van der Waals surface area contributed by atoms with Gasteiger partial charge in [-0.1, -0.05) is 13.0 Å². The molecule has 9 nitrogen and oxygen atoms in total. The van der Waals surface area contributed by atoms with E-state index in [1.807, 2.05) is 0 Å².